The molecule has 28 heavy (non-hydrogen) atoms. The monoisotopic (exact) mass is 389 g/mol. The van der Waals surface area contributed by atoms with Crippen molar-refractivity contribution in [1.82, 2.24) is 14.8 Å². The minimum atomic E-state index is -0.292. The first kappa shape index (κ1) is 18.4. The Morgan fingerprint density at radius 3 is 2.39 bits per heavy atom. The van der Waals surface area contributed by atoms with E-state index in [1.165, 1.54) is 17.2 Å². The molecule has 1 aromatic heterocycles. The standard InChI is InChI=1S/C23H20FN3S/c1-17-8-7-11-19(14-17)16-28-23-26-25-22(20-12-5-6-13-21(20)24)27(23)15-18-9-3-2-4-10-18/h2-14H,15-16H2,1H3. The number of hydrogen-bond acceptors (Lipinski definition) is 3. The average molecular weight is 389 g/mol. The maximum Gasteiger partial charge on any atom is 0.192 e. The molecule has 0 aliphatic carbocycles. The van der Waals surface area contributed by atoms with Gasteiger partial charge in [0.25, 0.3) is 0 Å². The van der Waals surface area contributed by atoms with Crippen molar-refractivity contribution in [2.75, 3.05) is 0 Å². The van der Waals surface area contributed by atoms with Crippen LogP contribution in [0.2, 0.25) is 0 Å². The van der Waals surface area contributed by atoms with Crippen LogP contribution >= 0.6 is 11.8 Å². The Bertz CT molecular complexity index is 1080. The highest BCUT2D eigenvalue weighted by atomic mass is 32.2. The van der Waals surface area contributed by atoms with Crippen LogP contribution in [0.4, 0.5) is 4.39 Å². The normalized spacial score (nSPS) is 10.9. The number of aryl methyl sites for hydroxylation is 1. The first-order valence-corrected chi connectivity index (χ1v) is 10.1. The number of rotatable bonds is 6. The number of hydrogen-bond donors (Lipinski definition) is 0. The van der Waals surface area contributed by atoms with E-state index < -0.39 is 0 Å². The molecule has 0 aliphatic heterocycles. The maximum atomic E-state index is 14.4. The number of benzene rings is 3. The van der Waals surface area contributed by atoms with Gasteiger partial charge in [-0.25, -0.2) is 4.39 Å². The van der Waals surface area contributed by atoms with Crippen LogP contribution in [0.3, 0.4) is 0 Å². The highest BCUT2D eigenvalue weighted by molar-refractivity contribution is 7.98. The highest BCUT2D eigenvalue weighted by Gasteiger charge is 2.17. The van der Waals surface area contributed by atoms with Crippen LogP contribution < -0.4 is 0 Å². The van der Waals surface area contributed by atoms with Gasteiger partial charge in [-0.1, -0.05) is 84.1 Å². The Morgan fingerprint density at radius 2 is 1.61 bits per heavy atom. The molecule has 0 amide bonds. The summed E-state index contributed by atoms with van der Waals surface area (Å²) in [5, 5.41) is 9.48. The van der Waals surface area contributed by atoms with Crippen molar-refractivity contribution >= 4 is 11.8 Å². The van der Waals surface area contributed by atoms with Crippen molar-refractivity contribution in [3.8, 4) is 11.4 Å². The second kappa shape index (κ2) is 8.40. The molecule has 4 aromatic rings. The van der Waals surface area contributed by atoms with Crippen LogP contribution in [0.15, 0.2) is 84.0 Å². The van der Waals surface area contributed by atoms with E-state index in [0.717, 1.165) is 16.5 Å². The molecule has 0 unspecified atom stereocenters. The fourth-order valence-corrected chi connectivity index (χ4v) is 3.98. The van der Waals surface area contributed by atoms with Gasteiger partial charge in [-0.05, 0) is 30.2 Å². The van der Waals surface area contributed by atoms with Crippen LogP contribution in [-0.4, -0.2) is 14.8 Å². The van der Waals surface area contributed by atoms with Gasteiger partial charge < -0.3 is 0 Å². The Balaban J connectivity index is 1.68. The van der Waals surface area contributed by atoms with Crippen molar-refractivity contribution in [2.24, 2.45) is 0 Å². The predicted molar refractivity (Wildman–Crippen MR) is 112 cm³/mol. The molecule has 5 heteroatoms. The number of aromatic nitrogens is 3. The molecular formula is C23H20FN3S. The Morgan fingerprint density at radius 1 is 0.857 bits per heavy atom. The fraction of sp³-hybridized carbons (Fsp3) is 0.130. The Kier molecular flexibility index (Phi) is 5.53. The average Bonchev–Trinajstić information content (AvgIpc) is 3.10. The van der Waals surface area contributed by atoms with Crippen molar-refractivity contribution in [3.63, 3.8) is 0 Å². The zero-order valence-corrected chi connectivity index (χ0v) is 16.4. The molecule has 0 aliphatic rings. The summed E-state index contributed by atoms with van der Waals surface area (Å²) < 4.78 is 16.4. The lowest BCUT2D eigenvalue weighted by molar-refractivity contribution is 0.626. The van der Waals surface area contributed by atoms with Crippen molar-refractivity contribution in [1.29, 1.82) is 0 Å². The molecule has 0 fully saturated rings. The van der Waals surface area contributed by atoms with Gasteiger partial charge in [-0.15, -0.1) is 10.2 Å². The maximum absolute atomic E-state index is 14.4. The van der Waals surface area contributed by atoms with Gasteiger partial charge in [0, 0.05) is 5.75 Å². The molecule has 3 aromatic carbocycles. The summed E-state index contributed by atoms with van der Waals surface area (Å²) in [7, 11) is 0. The largest absolute Gasteiger partial charge is 0.297 e. The topological polar surface area (TPSA) is 30.7 Å². The molecule has 4 rings (SSSR count). The summed E-state index contributed by atoms with van der Waals surface area (Å²) in [5.74, 6) is 1.04. The minimum Gasteiger partial charge on any atom is -0.297 e. The number of halogens is 1. The smallest absolute Gasteiger partial charge is 0.192 e. The van der Waals surface area contributed by atoms with Gasteiger partial charge in [0.15, 0.2) is 11.0 Å². The summed E-state index contributed by atoms with van der Waals surface area (Å²) in [6.07, 6.45) is 0. The molecule has 0 saturated heterocycles. The fourth-order valence-electron chi connectivity index (χ4n) is 3.10. The number of nitrogens with zero attached hydrogens (tertiary/aromatic N) is 3. The van der Waals surface area contributed by atoms with Crippen LogP contribution in [-0.2, 0) is 12.3 Å². The third-order valence-corrected chi connectivity index (χ3v) is 5.50. The van der Waals surface area contributed by atoms with E-state index in [4.69, 9.17) is 0 Å². The zero-order chi connectivity index (χ0) is 19.3. The Labute approximate surface area is 168 Å². The molecule has 0 saturated carbocycles. The van der Waals surface area contributed by atoms with E-state index >= 15 is 0 Å². The first-order valence-electron chi connectivity index (χ1n) is 9.11. The lowest BCUT2D eigenvalue weighted by atomic mass is 10.2. The van der Waals surface area contributed by atoms with Crippen LogP contribution in [0.1, 0.15) is 16.7 Å². The minimum absolute atomic E-state index is 0.292. The van der Waals surface area contributed by atoms with E-state index in [1.807, 2.05) is 28.8 Å². The summed E-state index contributed by atoms with van der Waals surface area (Å²) in [4.78, 5) is 0. The van der Waals surface area contributed by atoms with Gasteiger partial charge in [0.05, 0.1) is 12.1 Å². The van der Waals surface area contributed by atoms with Crippen LogP contribution in [0, 0.1) is 12.7 Å². The number of thioether (sulfide) groups is 1. The molecule has 0 N–H and O–H groups in total. The molecule has 3 nitrogen and oxygen atoms in total. The molecule has 0 radical (unpaired) electrons. The molecule has 0 atom stereocenters. The molecule has 0 bridgehead atoms. The van der Waals surface area contributed by atoms with Crippen molar-refractivity contribution in [3.05, 3.63) is 101 Å². The molecular weight excluding hydrogens is 369 g/mol. The second-order valence-corrected chi connectivity index (χ2v) is 7.58. The van der Waals surface area contributed by atoms with E-state index in [2.05, 4.69) is 53.5 Å². The van der Waals surface area contributed by atoms with Gasteiger partial charge in [0.1, 0.15) is 5.82 Å². The summed E-state index contributed by atoms with van der Waals surface area (Å²) in [5.41, 5.74) is 4.05. The summed E-state index contributed by atoms with van der Waals surface area (Å²) >= 11 is 1.62. The lowest BCUT2D eigenvalue weighted by Gasteiger charge is -2.11. The highest BCUT2D eigenvalue weighted by Crippen LogP contribution is 2.28. The SMILES string of the molecule is Cc1cccc(CSc2nnc(-c3ccccc3F)n2Cc2ccccc2)c1. The lowest BCUT2D eigenvalue weighted by Crippen LogP contribution is -2.05. The molecule has 140 valence electrons. The van der Waals surface area contributed by atoms with Gasteiger partial charge in [-0.2, -0.15) is 0 Å². The second-order valence-electron chi connectivity index (χ2n) is 6.64. The van der Waals surface area contributed by atoms with E-state index in [9.17, 15) is 4.39 Å². The van der Waals surface area contributed by atoms with Crippen molar-refractivity contribution in [2.45, 2.75) is 24.4 Å². The predicted octanol–water partition coefficient (Wildman–Crippen LogP) is 5.73. The van der Waals surface area contributed by atoms with Crippen LogP contribution in [0.5, 0.6) is 0 Å². The zero-order valence-electron chi connectivity index (χ0n) is 15.5. The van der Waals surface area contributed by atoms with Crippen molar-refractivity contribution < 1.29 is 4.39 Å². The third-order valence-electron chi connectivity index (χ3n) is 4.47. The van der Waals surface area contributed by atoms with Gasteiger partial charge >= 0.3 is 0 Å². The quantitative estimate of drug-likeness (QED) is 0.394. The van der Waals surface area contributed by atoms with E-state index in [-0.39, 0.29) is 5.82 Å². The van der Waals surface area contributed by atoms with Gasteiger partial charge in [0.2, 0.25) is 0 Å². The Hall–Kier alpha value is -2.92. The third kappa shape index (κ3) is 4.15. The van der Waals surface area contributed by atoms with Gasteiger partial charge in [-0.3, -0.25) is 4.57 Å². The van der Waals surface area contributed by atoms with E-state index in [1.54, 1.807) is 23.9 Å². The van der Waals surface area contributed by atoms with Crippen LogP contribution in [0.25, 0.3) is 11.4 Å². The van der Waals surface area contributed by atoms with E-state index in [0.29, 0.717) is 17.9 Å². The molecule has 1 heterocycles. The summed E-state index contributed by atoms with van der Waals surface area (Å²) in [6, 6.07) is 25.2. The first-order chi connectivity index (χ1) is 13.7. The molecule has 0 spiro atoms. The summed E-state index contributed by atoms with van der Waals surface area (Å²) in [6.45, 7) is 2.68.